The van der Waals surface area contributed by atoms with Crippen molar-refractivity contribution in [2.24, 2.45) is 0 Å². The second-order valence-electron chi connectivity index (χ2n) is 10.7. The summed E-state index contributed by atoms with van der Waals surface area (Å²) >= 11 is 0. The predicted molar refractivity (Wildman–Crippen MR) is 132 cm³/mol. The summed E-state index contributed by atoms with van der Waals surface area (Å²) in [6, 6.07) is 13.9. The largest absolute Gasteiger partial charge is 0.543 e. The number of phenols is 2. The summed E-state index contributed by atoms with van der Waals surface area (Å²) in [4.78, 5) is 0. The zero-order valence-corrected chi connectivity index (χ0v) is 22.3. The average molecular weight is 449 g/mol. The van der Waals surface area contributed by atoms with Crippen molar-refractivity contribution in [3.05, 3.63) is 48.5 Å². The van der Waals surface area contributed by atoms with Gasteiger partial charge >= 0.3 is 0 Å². The number of rotatable bonds is 4. The molecule has 2 N–H and O–H groups in total. The third kappa shape index (κ3) is 7.72. The number of aromatic hydroxyl groups is 2. The summed E-state index contributed by atoms with van der Waals surface area (Å²) in [5, 5.41) is 18.7. The molecule has 0 saturated heterocycles. The number of phenolic OH excluding ortho intramolecular Hbond substituents is 2. The van der Waals surface area contributed by atoms with Gasteiger partial charge in [-0.05, 0) is 84.8 Å². The molecule has 0 aliphatic rings. The molecule has 168 valence electrons. The molecule has 0 aliphatic carbocycles. The van der Waals surface area contributed by atoms with Crippen LogP contribution in [0.2, 0.25) is 36.3 Å². The number of hydrogen-bond donors (Lipinski definition) is 2. The van der Waals surface area contributed by atoms with Crippen LogP contribution in [0.15, 0.2) is 48.5 Å². The lowest BCUT2D eigenvalue weighted by Crippen LogP contribution is -2.43. The Morgan fingerprint density at radius 1 is 0.533 bits per heavy atom. The highest BCUT2D eigenvalue weighted by molar-refractivity contribution is 6.75. The van der Waals surface area contributed by atoms with E-state index in [1.54, 1.807) is 24.3 Å². The van der Waals surface area contributed by atoms with Gasteiger partial charge in [0.2, 0.25) is 16.6 Å². The van der Waals surface area contributed by atoms with E-state index in [-0.39, 0.29) is 21.6 Å². The fourth-order valence-corrected chi connectivity index (χ4v) is 3.99. The Morgan fingerprint density at radius 2 is 0.767 bits per heavy atom. The van der Waals surface area contributed by atoms with Gasteiger partial charge in [-0.3, -0.25) is 0 Å². The minimum Gasteiger partial charge on any atom is -0.543 e. The van der Waals surface area contributed by atoms with Gasteiger partial charge < -0.3 is 19.1 Å². The first-order valence-corrected chi connectivity index (χ1v) is 16.2. The summed E-state index contributed by atoms with van der Waals surface area (Å²) in [5.41, 5.74) is 0. The second-order valence-corrected chi connectivity index (χ2v) is 20.2. The number of hydrogen-bond acceptors (Lipinski definition) is 4. The van der Waals surface area contributed by atoms with Gasteiger partial charge in [0.25, 0.3) is 0 Å². The van der Waals surface area contributed by atoms with Gasteiger partial charge in [0.05, 0.1) is 0 Å². The smallest absolute Gasteiger partial charge is 0.250 e. The van der Waals surface area contributed by atoms with Crippen molar-refractivity contribution in [3.63, 3.8) is 0 Å². The molecule has 0 fully saturated rings. The lowest BCUT2D eigenvalue weighted by Gasteiger charge is -2.36. The van der Waals surface area contributed by atoms with Gasteiger partial charge in [-0.25, -0.2) is 0 Å². The van der Waals surface area contributed by atoms with Gasteiger partial charge in [-0.15, -0.1) is 0 Å². The number of benzene rings is 2. The molecule has 30 heavy (non-hydrogen) atoms. The summed E-state index contributed by atoms with van der Waals surface area (Å²) in [6.45, 7) is 22.1. The van der Waals surface area contributed by atoms with Gasteiger partial charge in [0.1, 0.15) is 23.0 Å². The van der Waals surface area contributed by atoms with Crippen LogP contribution in [0.25, 0.3) is 0 Å². The van der Waals surface area contributed by atoms with Crippen molar-refractivity contribution < 1.29 is 19.1 Å². The van der Waals surface area contributed by atoms with E-state index >= 15 is 0 Å². The molecular weight excluding hydrogens is 408 g/mol. The zero-order valence-electron chi connectivity index (χ0n) is 20.3. The Hall–Kier alpha value is -1.93. The van der Waals surface area contributed by atoms with Gasteiger partial charge in [-0.1, -0.05) is 41.5 Å². The Bertz CT molecular complexity index is 714. The maximum atomic E-state index is 9.17. The first kappa shape index (κ1) is 26.1. The fourth-order valence-electron chi connectivity index (χ4n) is 1.92. The first-order valence-electron chi connectivity index (χ1n) is 10.4. The van der Waals surface area contributed by atoms with Crippen LogP contribution in [0.4, 0.5) is 0 Å². The highest BCUT2D eigenvalue weighted by Crippen LogP contribution is 2.38. The SMILES string of the molecule is CC(C)(C)[Si](C)(C)Oc1ccc(O)cc1.CC(C)(C)[Si](C)(C)Oc1ccc(O)cc1. The maximum Gasteiger partial charge on any atom is 0.250 e. The van der Waals surface area contributed by atoms with E-state index in [0.29, 0.717) is 0 Å². The zero-order chi connectivity index (χ0) is 23.4. The van der Waals surface area contributed by atoms with Crippen molar-refractivity contribution in [2.45, 2.75) is 77.8 Å². The molecule has 0 heterocycles. The van der Waals surface area contributed by atoms with Gasteiger partial charge in [0.15, 0.2) is 0 Å². The van der Waals surface area contributed by atoms with Crippen molar-refractivity contribution in [3.8, 4) is 23.0 Å². The van der Waals surface area contributed by atoms with Crippen molar-refractivity contribution in [1.29, 1.82) is 0 Å². The van der Waals surface area contributed by atoms with Crippen LogP contribution in [0.5, 0.6) is 23.0 Å². The Morgan fingerprint density at radius 3 is 0.967 bits per heavy atom. The van der Waals surface area contributed by atoms with Crippen LogP contribution >= 0.6 is 0 Å². The van der Waals surface area contributed by atoms with Gasteiger partial charge in [0, 0.05) is 0 Å². The average Bonchev–Trinajstić information content (AvgIpc) is 2.57. The molecule has 0 saturated carbocycles. The molecule has 0 aromatic heterocycles. The highest BCUT2D eigenvalue weighted by atomic mass is 28.4. The predicted octanol–water partition coefficient (Wildman–Crippen LogP) is 7.55. The lowest BCUT2D eigenvalue weighted by molar-refractivity contribution is 0.468. The second kappa shape index (κ2) is 9.48. The van der Waals surface area contributed by atoms with E-state index < -0.39 is 16.6 Å². The molecule has 0 spiro atoms. The monoisotopic (exact) mass is 448 g/mol. The standard InChI is InChI=1S/2C12H20O2Si/c2*1-12(2,3)15(4,5)14-11-8-6-10(13)7-9-11/h2*6-9,13H,1-5H3. The molecule has 0 radical (unpaired) electrons. The molecule has 2 rings (SSSR count). The molecular formula is C24H40O4Si2. The molecule has 2 aromatic carbocycles. The molecule has 6 heteroatoms. The normalized spacial score (nSPS) is 12.6. The van der Waals surface area contributed by atoms with Crippen molar-refractivity contribution >= 4 is 16.6 Å². The molecule has 2 aromatic rings. The quantitative estimate of drug-likeness (QED) is 0.474. The molecule has 0 unspecified atom stereocenters. The molecule has 4 nitrogen and oxygen atoms in total. The molecule has 0 bridgehead atoms. The van der Waals surface area contributed by atoms with E-state index in [0.717, 1.165) is 11.5 Å². The highest BCUT2D eigenvalue weighted by Gasteiger charge is 2.39. The minimum absolute atomic E-state index is 0.199. The van der Waals surface area contributed by atoms with E-state index in [4.69, 9.17) is 8.85 Å². The summed E-state index contributed by atoms with van der Waals surface area (Å²) in [5.74, 6) is 2.24. The van der Waals surface area contributed by atoms with Crippen LogP contribution in [0.3, 0.4) is 0 Å². The topological polar surface area (TPSA) is 58.9 Å². The summed E-state index contributed by atoms with van der Waals surface area (Å²) < 4.78 is 12.1. The Labute approximate surface area is 185 Å². The van der Waals surface area contributed by atoms with Crippen molar-refractivity contribution in [2.75, 3.05) is 0 Å². The van der Waals surface area contributed by atoms with Crippen molar-refractivity contribution in [1.82, 2.24) is 0 Å². The fraction of sp³-hybridized carbons (Fsp3) is 0.500. The lowest BCUT2D eigenvalue weighted by atomic mass is 10.2. The van der Waals surface area contributed by atoms with E-state index in [9.17, 15) is 10.2 Å². The summed E-state index contributed by atoms with van der Waals surface area (Å²) in [7, 11) is -3.49. The molecule has 0 aliphatic heterocycles. The summed E-state index contributed by atoms with van der Waals surface area (Å²) in [6.07, 6.45) is 0. The van der Waals surface area contributed by atoms with E-state index in [2.05, 4.69) is 67.7 Å². The van der Waals surface area contributed by atoms with Gasteiger partial charge in [-0.2, -0.15) is 0 Å². The Balaban J connectivity index is 0.000000300. The van der Waals surface area contributed by atoms with E-state index in [1.807, 2.05) is 24.3 Å². The van der Waals surface area contributed by atoms with Crippen LogP contribution in [0, 0.1) is 0 Å². The third-order valence-electron chi connectivity index (χ3n) is 6.03. The molecule has 0 atom stereocenters. The Kier molecular flexibility index (Phi) is 8.25. The van der Waals surface area contributed by atoms with Crippen LogP contribution in [-0.4, -0.2) is 26.8 Å². The van der Waals surface area contributed by atoms with Crippen LogP contribution in [-0.2, 0) is 0 Å². The minimum atomic E-state index is -1.74. The first-order chi connectivity index (χ1) is 13.4. The van der Waals surface area contributed by atoms with Crippen LogP contribution in [0.1, 0.15) is 41.5 Å². The van der Waals surface area contributed by atoms with E-state index in [1.165, 1.54) is 0 Å². The third-order valence-corrected chi connectivity index (χ3v) is 14.7. The molecule has 0 amide bonds. The van der Waals surface area contributed by atoms with Crippen LogP contribution < -0.4 is 8.85 Å². The maximum absolute atomic E-state index is 9.17.